The van der Waals surface area contributed by atoms with Gasteiger partial charge in [-0.25, -0.2) is 9.37 Å². The molecule has 0 saturated carbocycles. The van der Waals surface area contributed by atoms with Gasteiger partial charge in [-0.15, -0.1) is 0 Å². The summed E-state index contributed by atoms with van der Waals surface area (Å²) >= 11 is 3.09. The molecular formula is C12H9BrF4N2O. The Morgan fingerprint density at radius 1 is 1.30 bits per heavy atom. The molecule has 0 aliphatic rings. The first kappa shape index (κ1) is 14.8. The largest absolute Gasteiger partial charge is 0.496 e. The summed E-state index contributed by atoms with van der Waals surface area (Å²) in [5.74, 6) is -0.780. The van der Waals surface area contributed by atoms with Gasteiger partial charge in [0.1, 0.15) is 17.4 Å². The van der Waals surface area contributed by atoms with E-state index in [1.165, 1.54) is 20.2 Å². The average molecular weight is 353 g/mol. The normalized spacial score (nSPS) is 11.8. The SMILES string of the molecule is COc1cc(Br)cc(F)c1-c1nc(C(F)(F)F)cn1C. The summed E-state index contributed by atoms with van der Waals surface area (Å²) < 4.78 is 58.5. The second-order valence-corrected chi connectivity index (χ2v) is 4.94. The van der Waals surface area contributed by atoms with Gasteiger partial charge in [-0.3, -0.25) is 0 Å². The lowest BCUT2D eigenvalue weighted by Gasteiger charge is -2.10. The van der Waals surface area contributed by atoms with Crippen molar-refractivity contribution >= 4 is 15.9 Å². The Kier molecular flexibility index (Phi) is 3.77. The maximum atomic E-state index is 14.0. The number of imidazole rings is 1. The Balaban J connectivity index is 2.66. The van der Waals surface area contributed by atoms with Gasteiger partial charge >= 0.3 is 6.18 Å². The predicted octanol–water partition coefficient (Wildman–Crippen LogP) is 4.02. The van der Waals surface area contributed by atoms with Crippen molar-refractivity contribution in [2.45, 2.75) is 6.18 Å². The molecule has 0 fully saturated rings. The number of hydrogen-bond donors (Lipinski definition) is 0. The van der Waals surface area contributed by atoms with Crippen molar-refractivity contribution in [2.24, 2.45) is 7.05 Å². The zero-order valence-corrected chi connectivity index (χ0v) is 12.0. The highest BCUT2D eigenvalue weighted by Crippen LogP contribution is 2.37. The van der Waals surface area contributed by atoms with E-state index in [0.29, 0.717) is 4.47 Å². The van der Waals surface area contributed by atoms with Crippen molar-refractivity contribution in [2.75, 3.05) is 7.11 Å². The van der Waals surface area contributed by atoms with E-state index in [2.05, 4.69) is 20.9 Å². The quantitative estimate of drug-likeness (QED) is 0.763. The lowest BCUT2D eigenvalue weighted by Crippen LogP contribution is -2.05. The van der Waals surface area contributed by atoms with Crippen LogP contribution in [0.2, 0.25) is 0 Å². The predicted molar refractivity (Wildman–Crippen MR) is 67.9 cm³/mol. The Morgan fingerprint density at radius 3 is 2.45 bits per heavy atom. The van der Waals surface area contributed by atoms with Gasteiger partial charge < -0.3 is 9.30 Å². The number of nitrogens with zero attached hydrogens (tertiary/aromatic N) is 2. The van der Waals surface area contributed by atoms with Gasteiger partial charge in [0.2, 0.25) is 0 Å². The van der Waals surface area contributed by atoms with Crippen LogP contribution in [0.25, 0.3) is 11.4 Å². The smallest absolute Gasteiger partial charge is 0.434 e. The molecule has 0 amide bonds. The highest BCUT2D eigenvalue weighted by atomic mass is 79.9. The number of aryl methyl sites for hydroxylation is 1. The van der Waals surface area contributed by atoms with Gasteiger partial charge in [-0.2, -0.15) is 13.2 Å². The number of hydrogen-bond acceptors (Lipinski definition) is 2. The Labute approximate surface area is 120 Å². The van der Waals surface area contributed by atoms with Crippen molar-refractivity contribution in [3.05, 3.63) is 34.3 Å². The van der Waals surface area contributed by atoms with Crippen LogP contribution >= 0.6 is 15.9 Å². The fourth-order valence-electron chi connectivity index (χ4n) is 1.76. The van der Waals surface area contributed by atoms with Gasteiger partial charge in [-0.1, -0.05) is 15.9 Å². The molecule has 0 aliphatic heterocycles. The first-order valence-corrected chi connectivity index (χ1v) is 6.17. The zero-order chi connectivity index (χ0) is 15.1. The van der Waals surface area contributed by atoms with Crippen molar-refractivity contribution < 1.29 is 22.3 Å². The molecule has 20 heavy (non-hydrogen) atoms. The molecule has 0 aliphatic carbocycles. The molecule has 0 N–H and O–H groups in total. The minimum atomic E-state index is -4.59. The summed E-state index contributed by atoms with van der Waals surface area (Å²) in [6, 6.07) is 2.60. The van der Waals surface area contributed by atoms with Crippen LogP contribution in [0.1, 0.15) is 5.69 Å². The van der Waals surface area contributed by atoms with E-state index in [-0.39, 0.29) is 17.1 Å². The summed E-state index contributed by atoms with van der Waals surface area (Å²) in [5.41, 5.74) is -1.20. The van der Waals surface area contributed by atoms with Crippen molar-refractivity contribution in [3.63, 3.8) is 0 Å². The lowest BCUT2D eigenvalue weighted by atomic mass is 10.1. The van der Waals surface area contributed by atoms with E-state index in [0.717, 1.165) is 16.8 Å². The van der Waals surface area contributed by atoms with Gasteiger partial charge in [0.25, 0.3) is 0 Å². The number of rotatable bonds is 2. The van der Waals surface area contributed by atoms with Crippen LogP contribution in [0.3, 0.4) is 0 Å². The van der Waals surface area contributed by atoms with Gasteiger partial charge in [0.15, 0.2) is 5.69 Å². The number of benzene rings is 1. The molecule has 8 heteroatoms. The number of alkyl halides is 3. The number of aromatic nitrogens is 2. The van der Waals surface area contributed by atoms with Crippen LogP contribution in [0.4, 0.5) is 17.6 Å². The number of methoxy groups -OCH3 is 1. The van der Waals surface area contributed by atoms with Crippen LogP contribution < -0.4 is 4.74 Å². The molecule has 0 spiro atoms. The van der Waals surface area contributed by atoms with Crippen molar-refractivity contribution in [3.8, 4) is 17.1 Å². The first-order chi connectivity index (χ1) is 9.24. The van der Waals surface area contributed by atoms with Gasteiger partial charge in [-0.05, 0) is 12.1 Å². The molecule has 0 saturated heterocycles. The molecule has 2 aromatic rings. The molecule has 2 rings (SSSR count). The third kappa shape index (κ3) is 2.65. The minimum Gasteiger partial charge on any atom is -0.496 e. The summed E-state index contributed by atoms with van der Waals surface area (Å²) in [5, 5.41) is 0. The molecule has 0 radical (unpaired) electrons. The van der Waals surface area contributed by atoms with E-state index in [1.54, 1.807) is 0 Å². The van der Waals surface area contributed by atoms with Crippen molar-refractivity contribution in [1.82, 2.24) is 9.55 Å². The average Bonchev–Trinajstić information content (AvgIpc) is 2.70. The van der Waals surface area contributed by atoms with Gasteiger partial charge in [0.05, 0.1) is 12.7 Å². The topological polar surface area (TPSA) is 27.1 Å². The molecule has 0 bridgehead atoms. The third-order valence-electron chi connectivity index (χ3n) is 2.63. The molecular weight excluding hydrogens is 344 g/mol. The summed E-state index contributed by atoms with van der Waals surface area (Å²) in [7, 11) is 2.66. The Hall–Kier alpha value is -1.57. The first-order valence-electron chi connectivity index (χ1n) is 5.38. The summed E-state index contributed by atoms with van der Waals surface area (Å²) in [6.45, 7) is 0. The highest BCUT2D eigenvalue weighted by molar-refractivity contribution is 9.10. The fraction of sp³-hybridized carbons (Fsp3) is 0.250. The molecule has 3 nitrogen and oxygen atoms in total. The van der Waals surface area contributed by atoms with E-state index in [9.17, 15) is 17.6 Å². The standard InChI is InChI=1S/C12H9BrF4N2O/c1-19-5-9(12(15,16)17)18-11(19)10-7(14)3-6(13)4-8(10)20-2/h3-5H,1-2H3. The molecule has 1 aromatic carbocycles. The summed E-state index contributed by atoms with van der Waals surface area (Å²) in [6.07, 6.45) is -3.79. The molecule has 0 unspecified atom stereocenters. The molecule has 0 atom stereocenters. The third-order valence-corrected chi connectivity index (χ3v) is 3.09. The van der Waals surface area contributed by atoms with Gasteiger partial charge in [0, 0.05) is 17.7 Å². The van der Waals surface area contributed by atoms with Crippen LogP contribution in [-0.4, -0.2) is 16.7 Å². The second-order valence-electron chi connectivity index (χ2n) is 4.02. The van der Waals surface area contributed by atoms with E-state index in [4.69, 9.17) is 4.74 Å². The highest BCUT2D eigenvalue weighted by Gasteiger charge is 2.35. The molecule has 108 valence electrons. The lowest BCUT2D eigenvalue weighted by molar-refractivity contribution is -0.140. The van der Waals surface area contributed by atoms with E-state index in [1.807, 2.05) is 0 Å². The van der Waals surface area contributed by atoms with Crippen LogP contribution in [0.15, 0.2) is 22.8 Å². The van der Waals surface area contributed by atoms with Crippen LogP contribution in [0, 0.1) is 5.82 Å². The van der Waals surface area contributed by atoms with E-state index >= 15 is 0 Å². The van der Waals surface area contributed by atoms with Crippen molar-refractivity contribution in [1.29, 1.82) is 0 Å². The monoisotopic (exact) mass is 352 g/mol. The summed E-state index contributed by atoms with van der Waals surface area (Å²) in [4.78, 5) is 3.45. The Morgan fingerprint density at radius 2 is 1.95 bits per heavy atom. The molecule has 1 aromatic heterocycles. The Bertz CT molecular complexity index is 652. The number of halogens is 5. The minimum absolute atomic E-state index is 0.0966. The second kappa shape index (κ2) is 5.08. The van der Waals surface area contributed by atoms with Crippen LogP contribution in [-0.2, 0) is 13.2 Å². The maximum absolute atomic E-state index is 14.0. The zero-order valence-electron chi connectivity index (χ0n) is 10.4. The molecule has 1 heterocycles. The fourth-order valence-corrected chi connectivity index (χ4v) is 2.17. The van der Waals surface area contributed by atoms with E-state index < -0.39 is 17.7 Å². The number of ether oxygens (including phenoxy) is 1. The maximum Gasteiger partial charge on any atom is 0.434 e. The van der Waals surface area contributed by atoms with Crippen LogP contribution in [0.5, 0.6) is 5.75 Å².